The van der Waals surface area contributed by atoms with Gasteiger partial charge in [-0.25, -0.2) is 0 Å². The summed E-state index contributed by atoms with van der Waals surface area (Å²) in [7, 11) is 1.54. The minimum Gasteiger partial charge on any atom is -0.495 e. The highest BCUT2D eigenvalue weighted by molar-refractivity contribution is 7.80. The number of methoxy groups -OCH3 is 1. The van der Waals surface area contributed by atoms with E-state index in [0.717, 1.165) is 5.56 Å². The molecule has 0 aliphatic rings. The van der Waals surface area contributed by atoms with Gasteiger partial charge in [0.1, 0.15) is 18.1 Å². The fourth-order valence-corrected chi connectivity index (χ4v) is 2.99. The van der Waals surface area contributed by atoms with Crippen LogP contribution in [0.5, 0.6) is 11.5 Å². The van der Waals surface area contributed by atoms with Crippen molar-refractivity contribution in [3.63, 3.8) is 0 Å². The van der Waals surface area contributed by atoms with Crippen LogP contribution in [0.15, 0.2) is 72.8 Å². The predicted molar refractivity (Wildman–Crippen MR) is 119 cm³/mol. The van der Waals surface area contributed by atoms with Gasteiger partial charge in [-0.3, -0.25) is 10.1 Å². The number of hydrogen-bond donors (Lipinski definition) is 2. The van der Waals surface area contributed by atoms with Gasteiger partial charge >= 0.3 is 0 Å². The predicted octanol–water partition coefficient (Wildman–Crippen LogP) is 5.05. The lowest BCUT2D eigenvalue weighted by Crippen LogP contribution is -2.34. The molecule has 0 fully saturated rings. The van der Waals surface area contributed by atoms with Crippen molar-refractivity contribution in [2.45, 2.75) is 6.61 Å². The van der Waals surface area contributed by atoms with Gasteiger partial charge in [-0.2, -0.15) is 0 Å². The molecule has 0 aromatic heterocycles. The van der Waals surface area contributed by atoms with Crippen LogP contribution < -0.4 is 20.1 Å². The van der Waals surface area contributed by atoms with Gasteiger partial charge in [-0.15, -0.1) is 0 Å². The molecule has 2 N–H and O–H groups in total. The second-order valence-electron chi connectivity index (χ2n) is 6.06. The fourth-order valence-electron chi connectivity index (χ4n) is 2.53. The lowest BCUT2D eigenvalue weighted by atomic mass is 10.2. The van der Waals surface area contributed by atoms with Crippen LogP contribution in [-0.4, -0.2) is 18.1 Å². The zero-order chi connectivity index (χ0) is 20.6. The largest absolute Gasteiger partial charge is 0.495 e. The van der Waals surface area contributed by atoms with E-state index in [2.05, 4.69) is 10.6 Å². The number of carbonyl (C=O) groups excluding carboxylic acids is 1. The summed E-state index contributed by atoms with van der Waals surface area (Å²) in [5.74, 6) is 0.914. The molecule has 0 unspecified atom stereocenters. The van der Waals surface area contributed by atoms with Gasteiger partial charge < -0.3 is 14.8 Å². The minimum absolute atomic E-state index is 0.167. The van der Waals surface area contributed by atoms with Gasteiger partial charge in [0.25, 0.3) is 5.91 Å². The Kier molecular flexibility index (Phi) is 7.05. The number of thiocarbonyl (C=S) groups is 1. The summed E-state index contributed by atoms with van der Waals surface area (Å²) in [6, 6.07) is 21.9. The molecule has 1 amide bonds. The minimum atomic E-state index is -0.322. The Labute approximate surface area is 179 Å². The van der Waals surface area contributed by atoms with E-state index in [-0.39, 0.29) is 11.0 Å². The quantitative estimate of drug-likeness (QED) is 0.540. The number of halogens is 1. The molecule has 0 spiro atoms. The summed E-state index contributed by atoms with van der Waals surface area (Å²) in [5.41, 5.74) is 2.18. The molecular formula is C22H19ClN2O3S. The van der Waals surface area contributed by atoms with Crippen LogP contribution in [0.2, 0.25) is 5.02 Å². The summed E-state index contributed by atoms with van der Waals surface area (Å²) in [6.07, 6.45) is 0. The zero-order valence-corrected chi connectivity index (χ0v) is 17.2. The van der Waals surface area contributed by atoms with Gasteiger partial charge in [0, 0.05) is 11.3 Å². The van der Waals surface area contributed by atoms with E-state index in [0.29, 0.717) is 34.4 Å². The maximum Gasteiger partial charge on any atom is 0.257 e. The smallest absolute Gasteiger partial charge is 0.257 e. The Balaban J connectivity index is 1.53. The Hall–Kier alpha value is -3.09. The SMILES string of the molecule is COc1ccc(NC(=S)NC(=O)c2ccc(OCc3ccccc3)cc2)cc1Cl. The average Bonchev–Trinajstić information content (AvgIpc) is 2.73. The molecule has 0 saturated heterocycles. The Morgan fingerprint density at radius 1 is 1.03 bits per heavy atom. The normalized spacial score (nSPS) is 10.1. The van der Waals surface area contributed by atoms with Crippen molar-refractivity contribution in [3.05, 3.63) is 88.9 Å². The first-order valence-electron chi connectivity index (χ1n) is 8.78. The molecule has 29 heavy (non-hydrogen) atoms. The number of rotatable bonds is 6. The number of nitrogens with one attached hydrogen (secondary N) is 2. The van der Waals surface area contributed by atoms with Gasteiger partial charge in [0.05, 0.1) is 12.1 Å². The third-order valence-electron chi connectivity index (χ3n) is 4.00. The molecule has 3 aromatic rings. The van der Waals surface area contributed by atoms with Crippen LogP contribution in [0.3, 0.4) is 0 Å². The second-order valence-corrected chi connectivity index (χ2v) is 6.87. The van der Waals surface area contributed by atoms with Crippen molar-refractivity contribution < 1.29 is 14.3 Å². The molecule has 0 heterocycles. The van der Waals surface area contributed by atoms with Crippen LogP contribution in [0, 0.1) is 0 Å². The maximum absolute atomic E-state index is 12.4. The molecule has 0 aliphatic heterocycles. The molecular weight excluding hydrogens is 408 g/mol. The molecule has 0 saturated carbocycles. The topological polar surface area (TPSA) is 59.6 Å². The highest BCUT2D eigenvalue weighted by Gasteiger charge is 2.09. The van der Waals surface area contributed by atoms with E-state index in [1.165, 1.54) is 7.11 Å². The highest BCUT2D eigenvalue weighted by atomic mass is 35.5. The second kappa shape index (κ2) is 9.91. The molecule has 148 valence electrons. The van der Waals surface area contributed by atoms with E-state index in [1.807, 2.05) is 30.3 Å². The van der Waals surface area contributed by atoms with E-state index < -0.39 is 0 Å². The number of ether oxygens (including phenoxy) is 2. The van der Waals surface area contributed by atoms with E-state index in [4.69, 9.17) is 33.3 Å². The molecule has 5 nitrogen and oxygen atoms in total. The highest BCUT2D eigenvalue weighted by Crippen LogP contribution is 2.27. The van der Waals surface area contributed by atoms with E-state index in [1.54, 1.807) is 42.5 Å². The molecule has 7 heteroatoms. The van der Waals surface area contributed by atoms with Crippen molar-refractivity contribution in [2.24, 2.45) is 0 Å². The van der Waals surface area contributed by atoms with Crippen LogP contribution in [-0.2, 0) is 6.61 Å². The molecule has 0 bridgehead atoms. The summed E-state index contributed by atoms with van der Waals surface area (Å²) in [4.78, 5) is 12.4. The van der Waals surface area contributed by atoms with Gasteiger partial charge in [-0.1, -0.05) is 41.9 Å². The number of carbonyl (C=O) groups is 1. The molecule has 0 aliphatic carbocycles. The summed E-state index contributed by atoms with van der Waals surface area (Å²) >= 11 is 11.3. The zero-order valence-electron chi connectivity index (χ0n) is 15.6. The summed E-state index contributed by atoms with van der Waals surface area (Å²) < 4.78 is 10.8. The maximum atomic E-state index is 12.4. The van der Waals surface area contributed by atoms with E-state index >= 15 is 0 Å². The number of anilines is 1. The van der Waals surface area contributed by atoms with Crippen molar-refractivity contribution in [1.29, 1.82) is 0 Å². The fraction of sp³-hybridized carbons (Fsp3) is 0.0909. The van der Waals surface area contributed by atoms with Crippen molar-refractivity contribution in [1.82, 2.24) is 5.32 Å². The van der Waals surface area contributed by atoms with Crippen molar-refractivity contribution in [2.75, 3.05) is 12.4 Å². The Bertz CT molecular complexity index is 995. The molecule has 3 aromatic carbocycles. The standard InChI is InChI=1S/C22H19ClN2O3S/c1-27-20-12-9-17(13-19(20)23)24-22(29)25-21(26)16-7-10-18(11-8-16)28-14-15-5-3-2-4-6-15/h2-13H,14H2,1H3,(H2,24,25,26,29). The van der Waals surface area contributed by atoms with Crippen LogP contribution >= 0.6 is 23.8 Å². The van der Waals surface area contributed by atoms with Crippen LogP contribution in [0.1, 0.15) is 15.9 Å². The number of amides is 1. The average molecular weight is 427 g/mol. The molecule has 0 radical (unpaired) electrons. The first kappa shape index (κ1) is 20.6. The molecule has 0 atom stereocenters. The lowest BCUT2D eigenvalue weighted by molar-refractivity contribution is 0.0977. The van der Waals surface area contributed by atoms with Crippen LogP contribution in [0.25, 0.3) is 0 Å². The monoisotopic (exact) mass is 426 g/mol. The molecule has 3 rings (SSSR count). The third-order valence-corrected chi connectivity index (χ3v) is 4.50. The van der Waals surface area contributed by atoms with Gasteiger partial charge in [0.15, 0.2) is 5.11 Å². The van der Waals surface area contributed by atoms with Gasteiger partial charge in [-0.05, 0) is 60.2 Å². The lowest BCUT2D eigenvalue weighted by Gasteiger charge is -2.11. The number of hydrogen-bond acceptors (Lipinski definition) is 4. The number of benzene rings is 3. The first-order valence-corrected chi connectivity index (χ1v) is 9.56. The van der Waals surface area contributed by atoms with Crippen molar-refractivity contribution >= 4 is 40.5 Å². The third kappa shape index (κ3) is 5.94. The Morgan fingerprint density at radius 2 is 1.76 bits per heavy atom. The summed E-state index contributed by atoms with van der Waals surface area (Å²) in [5, 5.41) is 6.17. The van der Waals surface area contributed by atoms with Gasteiger partial charge in [0.2, 0.25) is 0 Å². The summed E-state index contributed by atoms with van der Waals surface area (Å²) in [6.45, 7) is 0.463. The first-order chi connectivity index (χ1) is 14.0. The van der Waals surface area contributed by atoms with E-state index in [9.17, 15) is 4.79 Å². The Morgan fingerprint density at radius 3 is 2.41 bits per heavy atom. The van der Waals surface area contributed by atoms with Crippen molar-refractivity contribution in [3.8, 4) is 11.5 Å². The van der Waals surface area contributed by atoms with Crippen LogP contribution in [0.4, 0.5) is 5.69 Å².